The number of aliphatic hydroxyl groups excluding tert-OH is 1. The average molecular weight is 294 g/mol. The zero-order valence-electron chi connectivity index (χ0n) is 12.9. The summed E-state index contributed by atoms with van der Waals surface area (Å²) in [5, 5.41) is 11.8. The largest absolute Gasteiger partial charge is 0.392 e. The molecule has 0 unspecified atom stereocenters. The number of rotatable bonds is 4. The van der Waals surface area contributed by atoms with Crippen LogP contribution in [0.3, 0.4) is 0 Å². The van der Waals surface area contributed by atoms with Crippen LogP contribution in [0.25, 0.3) is 5.20 Å². The fourth-order valence-corrected chi connectivity index (χ4v) is 5.33. The van der Waals surface area contributed by atoms with Crippen LogP contribution < -0.4 is 5.19 Å². The lowest BCUT2D eigenvalue weighted by Crippen LogP contribution is -2.42. The van der Waals surface area contributed by atoms with Gasteiger partial charge < -0.3 is 5.11 Å². The molecule has 0 spiro atoms. The molecule has 0 bridgehead atoms. The van der Waals surface area contributed by atoms with Gasteiger partial charge in [-0.1, -0.05) is 72.9 Å². The van der Waals surface area contributed by atoms with Crippen LogP contribution in [-0.2, 0) is 0 Å². The number of hydrogen-bond acceptors (Lipinski definition) is 1. The lowest BCUT2D eigenvalue weighted by molar-refractivity contribution is 0.343. The molecule has 0 aliphatic carbocycles. The van der Waals surface area contributed by atoms with E-state index in [9.17, 15) is 0 Å². The van der Waals surface area contributed by atoms with E-state index in [1.54, 1.807) is 6.08 Å². The molecule has 2 aromatic carbocycles. The Hall–Kier alpha value is -1.86. The molecular weight excluding hydrogens is 272 g/mol. The van der Waals surface area contributed by atoms with Gasteiger partial charge in [-0.3, -0.25) is 0 Å². The zero-order valence-corrected chi connectivity index (χ0v) is 13.9. The lowest BCUT2D eigenvalue weighted by atomic mass is 10.1. The molecule has 1 nitrogen and oxygen atoms in total. The molecule has 0 saturated carbocycles. The van der Waals surface area contributed by atoms with Crippen molar-refractivity contribution in [1.29, 1.82) is 0 Å². The molecule has 108 valence electrons. The van der Waals surface area contributed by atoms with Gasteiger partial charge in [0.1, 0.15) is 8.07 Å². The van der Waals surface area contributed by atoms with Gasteiger partial charge in [0.05, 0.1) is 6.61 Å². The van der Waals surface area contributed by atoms with Crippen molar-refractivity contribution < 1.29 is 5.11 Å². The van der Waals surface area contributed by atoms with Gasteiger partial charge in [-0.15, -0.1) is 5.73 Å². The first-order chi connectivity index (χ1) is 10.1. The summed E-state index contributed by atoms with van der Waals surface area (Å²) in [6.07, 6.45) is 1.72. The van der Waals surface area contributed by atoms with E-state index in [4.69, 9.17) is 5.11 Å². The van der Waals surface area contributed by atoms with Crippen molar-refractivity contribution >= 4 is 18.5 Å². The van der Waals surface area contributed by atoms with Crippen LogP contribution in [0.4, 0.5) is 0 Å². The summed E-state index contributed by atoms with van der Waals surface area (Å²) < 4.78 is 0. The lowest BCUT2D eigenvalue weighted by Gasteiger charge is -2.26. The second-order valence-corrected chi connectivity index (χ2v) is 10.0. The summed E-state index contributed by atoms with van der Waals surface area (Å²) in [6.45, 7) is 6.82. The van der Waals surface area contributed by atoms with Crippen molar-refractivity contribution in [3.05, 3.63) is 77.5 Å². The van der Waals surface area contributed by atoms with E-state index < -0.39 is 8.07 Å². The monoisotopic (exact) mass is 294 g/mol. The van der Waals surface area contributed by atoms with Gasteiger partial charge >= 0.3 is 0 Å². The fourth-order valence-electron chi connectivity index (χ4n) is 2.60. The Morgan fingerprint density at radius 1 is 1.05 bits per heavy atom. The Labute approximate surface area is 128 Å². The Kier molecular flexibility index (Phi) is 4.97. The van der Waals surface area contributed by atoms with Crippen LogP contribution in [0, 0.1) is 6.92 Å². The Morgan fingerprint density at radius 2 is 1.67 bits per heavy atom. The maximum atomic E-state index is 9.15. The first kappa shape index (κ1) is 15.5. The number of hydrogen-bond donors (Lipinski definition) is 1. The molecule has 21 heavy (non-hydrogen) atoms. The normalized spacial score (nSPS) is 10.9. The molecule has 0 amide bonds. The molecule has 2 aromatic rings. The van der Waals surface area contributed by atoms with E-state index in [2.05, 4.69) is 80.3 Å². The van der Waals surface area contributed by atoms with E-state index in [0.29, 0.717) is 0 Å². The summed E-state index contributed by atoms with van der Waals surface area (Å²) in [7, 11) is -1.86. The van der Waals surface area contributed by atoms with Crippen LogP contribution in [0.5, 0.6) is 0 Å². The summed E-state index contributed by atoms with van der Waals surface area (Å²) in [4.78, 5) is 0. The Bertz CT molecular complexity index is 665. The highest BCUT2D eigenvalue weighted by atomic mass is 28.3. The molecular formula is C19H22OSi. The summed E-state index contributed by atoms with van der Waals surface area (Å²) in [6, 6.07) is 19.0. The molecule has 0 aliphatic heterocycles. The van der Waals surface area contributed by atoms with Gasteiger partial charge in [-0.25, -0.2) is 0 Å². The van der Waals surface area contributed by atoms with E-state index in [-0.39, 0.29) is 6.61 Å². The smallest absolute Gasteiger partial charge is 0.122 e. The van der Waals surface area contributed by atoms with E-state index in [0.717, 1.165) is 0 Å². The summed E-state index contributed by atoms with van der Waals surface area (Å²) >= 11 is 0. The second kappa shape index (κ2) is 6.73. The predicted molar refractivity (Wildman–Crippen MR) is 93.3 cm³/mol. The van der Waals surface area contributed by atoms with Crippen LogP contribution in [0.15, 0.2) is 66.4 Å². The second-order valence-electron chi connectivity index (χ2n) is 5.71. The third kappa shape index (κ3) is 3.42. The molecule has 0 atom stereocenters. The third-order valence-corrected chi connectivity index (χ3v) is 7.31. The third-order valence-electron chi connectivity index (χ3n) is 3.87. The molecule has 0 radical (unpaired) electrons. The van der Waals surface area contributed by atoms with Gasteiger partial charge in [-0.05, 0) is 29.3 Å². The minimum Gasteiger partial charge on any atom is -0.392 e. The molecule has 0 aromatic heterocycles. The van der Waals surface area contributed by atoms with Gasteiger partial charge in [0, 0.05) is 0 Å². The quantitative estimate of drug-likeness (QED) is 0.673. The summed E-state index contributed by atoms with van der Waals surface area (Å²) in [5.74, 6) is 0. The van der Waals surface area contributed by atoms with E-state index in [1.165, 1.54) is 21.5 Å². The standard InChI is InChI=1S/C19H22OSi/c1-16-10-7-8-13-18(16)19(14-9-15-20)21(2,3)17-11-5-4-6-12-17/h4-13,20H,15H2,1-3H3. The summed E-state index contributed by atoms with van der Waals surface area (Å²) in [5.41, 5.74) is 5.86. The zero-order chi connectivity index (χ0) is 15.3. The Morgan fingerprint density at radius 3 is 2.29 bits per heavy atom. The first-order valence-corrected chi connectivity index (χ1v) is 10.3. The van der Waals surface area contributed by atoms with Crippen molar-refractivity contribution in [3.8, 4) is 0 Å². The van der Waals surface area contributed by atoms with Crippen LogP contribution in [-0.4, -0.2) is 19.8 Å². The van der Waals surface area contributed by atoms with E-state index in [1.807, 2.05) is 0 Å². The van der Waals surface area contributed by atoms with E-state index >= 15 is 0 Å². The number of aryl methyl sites for hydroxylation is 1. The molecule has 0 fully saturated rings. The number of aliphatic hydroxyl groups is 1. The Balaban J connectivity index is 2.63. The van der Waals surface area contributed by atoms with Crippen molar-refractivity contribution in [3.63, 3.8) is 0 Å². The van der Waals surface area contributed by atoms with Crippen molar-refractivity contribution in [2.45, 2.75) is 20.0 Å². The van der Waals surface area contributed by atoms with Crippen molar-refractivity contribution in [2.75, 3.05) is 6.61 Å². The molecule has 0 saturated heterocycles. The SMILES string of the molecule is Cc1ccccc1C(=C=CCO)[Si](C)(C)c1ccccc1. The predicted octanol–water partition coefficient (Wildman–Crippen LogP) is 3.68. The molecule has 0 aliphatic rings. The van der Waals surface area contributed by atoms with Crippen LogP contribution >= 0.6 is 0 Å². The van der Waals surface area contributed by atoms with Crippen LogP contribution in [0.2, 0.25) is 13.1 Å². The molecule has 2 heteroatoms. The highest BCUT2D eigenvalue weighted by molar-refractivity contribution is 7.04. The van der Waals surface area contributed by atoms with Gasteiger partial charge in [-0.2, -0.15) is 0 Å². The highest BCUT2D eigenvalue weighted by Crippen LogP contribution is 2.27. The average Bonchev–Trinajstić information content (AvgIpc) is 2.50. The minimum absolute atomic E-state index is 0.0225. The molecule has 0 heterocycles. The fraction of sp³-hybridized carbons (Fsp3) is 0.211. The van der Waals surface area contributed by atoms with Gasteiger partial charge in [0.2, 0.25) is 0 Å². The van der Waals surface area contributed by atoms with Crippen molar-refractivity contribution in [2.24, 2.45) is 0 Å². The first-order valence-electron chi connectivity index (χ1n) is 7.25. The topological polar surface area (TPSA) is 20.2 Å². The van der Waals surface area contributed by atoms with Crippen molar-refractivity contribution in [1.82, 2.24) is 0 Å². The minimum atomic E-state index is -1.86. The van der Waals surface area contributed by atoms with Crippen LogP contribution in [0.1, 0.15) is 11.1 Å². The molecule has 1 N–H and O–H groups in total. The highest BCUT2D eigenvalue weighted by Gasteiger charge is 2.29. The maximum Gasteiger partial charge on any atom is 0.122 e. The maximum absolute atomic E-state index is 9.15. The molecule has 2 rings (SSSR count). The van der Waals surface area contributed by atoms with Gasteiger partial charge in [0.25, 0.3) is 0 Å². The van der Waals surface area contributed by atoms with Gasteiger partial charge in [0.15, 0.2) is 0 Å². The number of benzene rings is 2.